The van der Waals surface area contributed by atoms with Gasteiger partial charge < -0.3 is 0 Å². The van der Waals surface area contributed by atoms with Crippen LogP contribution in [0.3, 0.4) is 0 Å². The molecule has 0 amide bonds. The number of rotatable bonds is 1. The zero-order valence-corrected chi connectivity index (χ0v) is 4.59. The van der Waals surface area contributed by atoms with Gasteiger partial charge in [-0.1, -0.05) is 0 Å². The second-order valence-corrected chi connectivity index (χ2v) is 1.63. The number of nitrogens with zero attached hydrogens (tertiary/aromatic N) is 4. The molecular formula is C2H4N4S. The fourth-order valence-electron chi connectivity index (χ4n) is 0.237. The van der Waals surface area contributed by atoms with E-state index >= 15 is 0 Å². The molecule has 0 saturated carbocycles. The van der Waals surface area contributed by atoms with E-state index in [1.165, 1.54) is 11.9 Å². The molecule has 4 nitrogen and oxygen atoms in total. The van der Waals surface area contributed by atoms with E-state index in [2.05, 4.69) is 15.5 Å². The van der Waals surface area contributed by atoms with E-state index in [9.17, 15) is 0 Å². The van der Waals surface area contributed by atoms with Gasteiger partial charge in [-0.15, -0.1) is 5.10 Å². The molecule has 5 heteroatoms. The lowest BCUT2D eigenvalue weighted by molar-refractivity contribution is 0.854. The van der Waals surface area contributed by atoms with Gasteiger partial charge >= 0.3 is 0 Å². The summed E-state index contributed by atoms with van der Waals surface area (Å²) in [6.07, 6.45) is 3.45. The van der Waals surface area contributed by atoms with Crippen LogP contribution in [-0.4, -0.2) is 25.9 Å². The van der Waals surface area contributed by atoms with Crippen molar-refractivity contribution < 1.29 is 0 Å². The summed E-state index contributed by atoms with van der Waals surface area (Å²) < 4.78 is 1.57. The standard InChI is InChI=1S/C2H4N4S/c1-7-6-2-3-4-5-6/h2H,1H3. The minimum Gasteiger partial charge on any atom is -0.174 e. The predicted molar refractivity (Wildman–Crippen MR) is 26.7 cm³/mol. The quantitative estimate of drug-likeness (QED) is 0.509. The average Bonchev–Trinajstić information content (AvgIpc) is 2.14. The number of tetrazole rings is 1. The lowest BCUT2D eigenvalue weighted by atomic mass is 11.4. The summed E-state index contributed by atoms with van der Waals surface area (Å²) in [5.41, 5.74) is 0. The van der Waals surface area contributed by atoms with Crippen molar-refractivity contribution in [3.63, 3.8) is 0 Å². The number of hydrogen-bond acceptors (Lipinski definition) is 4. The highest BCUT2D eigenvalue weighted by Crippen LogP contribution is 1.89. The topological polar surface area (TPSA) is 43.6 Å². The van der Waals surface area contributed by atoms with E-state index in [1.54, 1.807) is 10.4 Å². The Morgan fingerprint density at radius 3 is 2.86 bits per heavy atom. The minimum absolute atomic E-state index is 1.46. The van der Waals surface area contributed by atoms with Crippen molar-refractivity contribution in [2.75, 3.05) is 6.26 Å². The first kappa shape index (κ1) is 4.58. The van der Waals surface area contributed by atoms with Crippen LogP contribution < -0.4 is 0 Å². The van der Waals surface area contributed by atoms with Crippen molar-refractivity contribution in [3.8, 4) is 0 Å². The van der Waals surface area contributed by atoms with Gasteiger partial charge in [0.05, 0.1) is 0 Å². The van der Waals surface area contributed by atoms with Crippen molar-refractivity contribution in [1.82, 2.24) is 19.6 Å². The van der Waals surface area contributed by atoms with E-state index in [-0.39, 0.29) is 0 Å². The highest BCUT2D eigenvalue weighted by atomic mass is 32.2. The van der Waals surface area contributed by atoms with Gasteiger partial charge in [-0.25, -0.2) is 0 Å². The second kappa shape index (κ2) is 1.92. The van der Waals surface area contributed by atoms with Crippen LogP contribution in [-0.2, 0) is 0 Å². The molecule has 1 rings (SSSR count). The third kappa shape index (κ3) is 0.894. The van der Waals surface area contributed by atoms with Crippen LogP contribution in [0.5, 0.6) is 0 Å². The molecular weight excluding hydrogens is 112 g/mol. The molecule has 0 N–H and O–H groups in total. The first-order valence-corrected chi connectivity index (χ1v) is 2.89. The normalized spacial score (nSPS) is 9.29. The monoisotopic (exact) mass is 116 g/mol. The van der Waals surface area contributed by atoms with Crippen molar-refractivity contribution >= 4 is 11.9 Å². The average molecular weight is 116 g/mol. The third-order valence-electron chi connectivity index (χ3n) is 0.517. The second-order valence-electron chi connectivity index (χ2n) is 0.895. The molecule has 0 atom stereocenters. The molecule has 0 unspecified atom stereocenters. The molecule has 0 fully saturated rings. The molecule has 0 saturated heterocycles. The van der Waals surface area contributed by atoms with E-state index in [4.69, 9.17) is 0 Å². The summed E-state index contributed by atoms with van der Waals surface area (Å²) in [7, 11) is 0. The molecule has 38 valence electrons. The molecule has 0 aliphatic rings. The smallest absolute Gasteiger partial charge is 0.150 e. The summed E-state index contributed by atoms with van der Waals surface area (Å²) in [5.74, 6) is 0. The van der Waals surface area contributed by atoms with Gasteiger partial charge in [-0.3, -0.25) is 0 Å². The fourth-order valence-corrected chi connectivity index (χ4v) is 0.479. The van der Waals surface area contributed by atoms with Gasteiger partial charge in [-0.2, -0.15) is 4.09 Å². The molecule has 7 heavy (non-hydrogen) atoms. The van der Waals surface area contributed by atoms with Gasteiger partial charge in [0.25, 0.3) is 0 Å². The zero-order chi connectivity index (χ0) is 5.11. The highest BCUT2D eigenvalue weighted by molar-refractivity contribution is 7.97. The van der Waals surface area contributed by atoms with Gasteiger partial charge in [-0.05, 0) is 22.4 Å². The van der Waals surface area contributed by atoms with Crippen LogP contribution in [0, 0.1) is 0 Å². The first-order chi connectivity index (χ1) is 3.43. The lowest BCUT2D eigenvalue weighted by Gasteiger charge is -1.81. The molecule has 0 spiro atoms. The van der Waals surface area contributed by atoms with Gasteiger partial charge in [0.15, 0.2) is 6.33 Å². The Morgan fingerprint density at radius 2 is 2.57 bits per heavy atom. The van der Waals surface area contributed by atoms with E-state index in [0.29, 0.717) is 0 Å². The van der Waals surface area contributed by atoms with Crippen molar-refractivity contribution in [1.29, 1.82) is 0 Å². The Morgan fingerprint density at radius 1 is 1.71 bits per heavy atom. The van der Waals surface area contributed by atoms with Gasteiger partial charge in [0.2, 0.25) is 0 Å². The summed E-state index contributed by atoms with van der Waals surface area (Å²) in [6.45, 7) is 0. The predicted octanol–water partition coefficient (Wildman–Crippen LogP) is -0.201. The molecule has 0 aliphatic carbocycles. The molecule has 0 aliphatic heterocycles. The van der Waals surface area contributed by atoms with Gasteiger partial charge in [0, 0.05) is 6.26 Å². The summed E-state index contributed by atoms with van der Waals surface area (Å²) in [6, 6.07) is 0. The SMILES string of the molecule is CSn1cnnn1. The number of hydrogen-bond donors (Lipinski definition) is 0. The summed E-state index contributed by atoms with van der Waals surface area (Å²) in [5, 5.41) is 10.4. The molecule has 0 bridgehead atoms. The molecule has 1 aromatic rings. The molecule has 0 radical (unpaired) electrons. The Kier molecular flexibility index (Phi) is 1.26. The van der Waals surface area contributed by atoms with Crippen molar-refractivity contribution in [2.45, 2.75) is 0 Å². The van der Waals surface area contributed by atoms with Crippen molar-refractivity contribution in [2.24, 2.45) is 0 Å². The maximum atomic E-state index is 3.55. The maximum absolute atomic E-state index is 3.55. The largest absolute Gasteiger partial charge is 0.174 e. The number of aromatic nitrogens is 4. The Balaban J connectivity index is 2.76. The van der Waals surface area contributed by atoms with Gasteiger partial charge in [0.1, 0.15) is 0 Å². The fraction of sp³-hybridized carbons (Fsp3) is 0.500. The zero-order valence-electron chi connectivity index (χ0n) is 3.77. The van der Waals surface area contributed by atoms with E-state index < -0.39 is 0 Å². The van der Waals surface area contributed by atoms with Crippen LogP contribution in [0.4, 0.5) is 0 Å². The Bertz CT molecular complexity index is 124. The van der Waals surface area contributed by atoms with E-state index in [0.717, 1.165) is 0 Å². The molecule has 1 aromatic heterocycles. The summed E-state index contributed by atoms with van der Waals surface area (Å²) >= 11 is 1.46. The lowest BCUT2D eigenvalue weighted by Crippen LogP contribution is -1.83. The van der Waals surface area contributed by atoms with E-state index in [1.807, 2.05) is 6.26 Å². The van der Waals surface area contributed by atoms with Crippen LogP contribution >= 0.6 is 11.9 Å². The van der Waals surface area contributed by atoms with Crippen molar-refractivity contribution in [3.05, 3.63) is 6.33 Å². The molecule has 1 heterocycles. The Hall–Kier alpha value is -0.580. The third-order valence-corrected chi connectivity index (χ3v) is 1.06. The van der Waals surface area contributed by atoms with Crippen LogP contribution in [0.1, 0.15) is 0 Å². The van der Waals surface area contributed by atoms with Crippen LogP contribution in [0.2, 0.25) is 0 Å². The van der Waals surface area contributed by atoms with Crippen LogP contribution in [0.15, 0.2) is 6.33 Å². The first-order valence-electron chi connectivity index (χ1n) is 1.71. The Labute approximate surface area is 45.0 Å². The minimum atomic E-state index is 1.46. The summed E-state index contributed by atoms with van der Waals surface area (Å²) in [4.78, 5) is 0. The highest BCUT2D eigenvalue weighted by Gasteiger charge is 1.81. The molecule has 0 aromatic carbocycles. The maximum Gasteiger partial charge on any atom is 0.150 e. The van der Waals surface area contributed by atoms with Crippen LogP contribution in [0.25, 0.3) is 0 Å².